The molecule has 2 aromatic rings. The number of pyridine rings is 1. The third-order valence-corrected chi connectivity index (χ3v) is 2.78. The van der Waals surface area contributed by atoms with Crippen LogP contribution in [0.4, 0.5) is 20.3 Å². The van der Waals surface area contributed by atoms with Crippen molar-refractivity contribution in [2.75, 3.05) is 17.2 Å². The van der Waals surface area contributed by atoms with Crippen molar-refractivity contribution in [2.45, 2.75) is 6.92 Å². The zero-order valence-electron chi connectivity index (χ0n) is 11.1. The van der Waals surface area contributed by atoms with E-state index in [-0.39, 0.29) is 16.4 Å². The van der Waals surface area contributed by atoms with Crippen molar-refractivity contribution in [1.82, 2.24) is 4.98 Å². The summed E-state index contributed by atoms with van der Waals surface area (Å²) in [4.78, 5) is 16.1. The van der Waals surface area contributed by atoms with Gasteiger partial charge in [-0.25, -0.2) is 13.8 Å². The zero-order valence-corrected chi connectivity index (χ0v) is 11.8. The summed E-state index contributed by atoms with van der Waals surface area (Å²) in [5.41, 5.74) is -0.0486. The lowest BCUT2D eigenvalue weighted by Gasteiger charge is -2.09. The van der Waals surface area contributed by atoms with Gasteiger partial charge in [0.05, 0.1) is 5.69 Å². The molecular formula is C14H12ClF2N3O. The molecule has 0 unspecified atom stereocenters. The molecule has 0 aliphatic rings. The molecule has 0 aliphatic carbocycles. The minimum absolute atomic E-state index is 0.123. The van der Waals surface area contributed by atoms with E-state index in [1.54, 1.807) is 0 Å². The molecule has 2 N–H and O–H groups in total. The van der Waals surface area contributed by atoms with Gasteiger partial charge in [-0.05, 0) is 31.2 Å². The first-order chi connectivity index (χ1) is 9.99. The minimum atomic E-state index is -0.725. The van der Waals surface area contributed by atoms with Crippen molar-refractivity contribution >= 4 is 29.0 Å². The fraction of sp³-hybridized carbons (Fsp3) is 0.143. The van der Waals surface area contributed by atoms with E-state index in [1.165, 1.54) is 12.1 Å². The molecule has 110 valence electrons. The average molecular weight is 312 g/mol. The Bertz CT molecular complexity index is 679. The fourth-order valence-electron chi connectivity index (χ4n) is 1.69. The second kappa shape index (κ2) is 6.49. The molecule has 1 heterocycles. The molecule has 0 atom stereocenters. The number of nitrogens with zero attached hydrogens (tertiary/aromatic N) is 1. The Balaban J connectivity index is 2.25. The minimum Gasteiger partial charge on any atom is -0.370 e. The van der Waals surface area contributed by atoms with E-state index in [4.69, 9.17) is 11.6 Å². The SMILES string of the molecule is CCNc1cc(C(=O)Nc2cc(F)ccc2F)cc(Cl)n1. The predicted molar refractivity (Wildman–Crippen MR) is 77.7 cm³/mol. The maximum absolute atomic E-state index is 13.5. The number of benzene rings is 1. The Morgan fingerprint density at radius 2 is 2.05 bits per heavy atom. The summed E-state index contributed by atoms with van der Waals surface area (Å²) in [5, 5.41) is 5.34. The monoisotopic (exact) mass is 311 g/mol. The molecule has 0 saturated heterocycles. The number of anilines is 2. The van der Waals surface area contributed by atoms with Gasteiger partial charge in [0, 0.05) is 18.2 Å². The molecule has 0 fully saturated rings. The molecule has 1 aromatic carbocycles. The number of rotatable bonds is 4. The van der Waals surface area contributed by atoms with Gasteiger partial charge >= 0.3 is 0 Å². The zero-order chi connectivity index (χ0) is 15.4. The van der Waals surface area contributed by atoms with E-state index in [0.29, 0.717) is 12.4 Å². The Labute approximate surface area is 125 Å². The third-order valence-electron chi connectivity index (χ3n) is 2.59. The topological polar surface area (TPSA) is 54.0 Å². The molecule has 0 radical (unpaired) electrons. The van der Waals surface area contributed by atoms with Crippen LogP contribution in [-0.4, -0.2) is 17.4 Å². The van der Waals surface area contributed by atoms with E-state index >= 15 is 0 Å². The van der Waals surface area contributed by atoms with Gasteiger partial charge in [-0.15, -0.1) is 0 Å². The van der Waals surface area contributed by atoms with Gasteiger partial charge in [-0.2, -0.15) is 0 Å². The number of hydrogen-bond acceptors (Lipinski definition) is 3. The predicted octanol–water partition coefficient (Wildman–Crippen LogP) is 3.70. The van der Waals surface area contributed by atoms with Crippen molar-refractivity contribution < 1.29 is 13.6 Å². The van der Waals surface area contributed by atoms with E-state index in [2.05, 4.69) is 15.6 Å². The summed E-state index contributed by atoms with van der Waals surface area (Å²) in [7, 11) is 0. The van der Waals surface area contributed by atoms with Gasteiger partial charge in [0.25, 0.3) is 5.91 Å². The molecule has 1 amide bonds. The first kappa shape index (κ1) is 15.2. The second-order valence-electron chi connectivity index (χ2n) is 4.17. The van der Waals surface area contributed by atoms with E-state index < -0.39 is 17.5 Å². The summed E-state index contributed by atoms with van der Waals surface area (Å²) in [6.45, 7) is 2.47. The fourth-order valence-corrected chi connectivity index (χ4v) is 1.90. The summed E-state index contributed by atoms with van der Waals surface area (Å²) in [6.07, 6.45) is 0. The Morgan fingerprint density at radius 1 is 1.29 bits per heavy atom. The van der Waals surface area contributed by atoms with Crippen LogP contribution in [0.25, 0.3) is 0 Å². The molecule has 21 heavy (non-hydrogen) atoms. The number of carbonyl (C=O) groups excluding carboxylic acids is 1. The van der Waals surface area contributed by atoms with Crippen LogP contribution in [0.2, 0.25) is 5.15 Å². The molecule has 1 aromatic heterocycles. The second-order valence-corrected chi connectivity index (χ2v) is 4.56. The highest BCUT2D eigenvalue weighted by atomic mass is 35.5. The van der Waals surface area contributed by atoms with Crippen LogP contribution in [0, 0.1) is 11.6 Å². The molecule has 7 heteroatoms. The highest BCUT2D eigenvalue weighted by molar-refractivity contribution is 6.30. The van der Waals surface area contributed by atoms with Gasteiger partial charge in [-0.3, -0.25) is 4.79 Å². The van der Waals surface area contributed by atoms with Crippen molar-refractivity contribution in [1.29, 1.82) is 0 Å². The summed E-state index contributed by atoms with van der Waals surface area (Å²) in [5.74, 6) is -1.55. The van der Waals surface area contributed by atoms with Gasteiger partial charge in [0.1, 0.15) is 22.6 Å². The quantitative estimate of drug-likeness (QED) is 0.847. The van der Waals surface area contributed by atoms with Gasteiger partial charge in [0.2, 0.25) is 0 Å². The molecular weight excluding hydrogens is 300 g/mol. The van der Waals surface area contributed by atoms with Crippen molar-refractivity contribution in [3.05, 3.63) is 52.7 Å². The first-order valence-electron chi connectivity index (χ1n) is 6.17. The molecule has 0 bridgehead atoms. The average Bonchev–Trinajstić information content (AvgIpc) is 2.42. The maximum Gasteiger partial charge on any atom is 0.255 e. The summed E-state index contributed by atoms with van der Waals surface area (Å²) in [6, 6.07) is 5.63. The molecule has 0 spiro atoms. The number of nitrogens with one attached hydrogen (secondary N) is 2. The van der Waals surface area contributed by atoms with Gasteiger partial charge in [-0.1, -0.05) is 11.6 Å². The van der Waals surface area contributed by atoms with E-state index in [0.717, 1.165) is 18.2 Å². The van der Waals surface area contributed by atoms with Crippen LogP contribution >= 0.6 is 11.6 Å². The van der Waals surface area contributed by atoms with Crippen LogP contribution in [0.5, 0.6) is 0 Å². The van der Waals surface area contributed by atoms with Crippen molar-refractivity contribution in [3.8, 4) is 0 Å². The number of halogens is 3. The van der Waals surface area contributed by atoms with Crippen LogP contribution < -0.4 is 10.6 Å². The highest BCUT2D eigenvalue weighted by Crippen LogP contribution is 2.19. The number of hydrogen-bond donors (Lipinski definition) is 2. The van der Waals surface area contributed by atoms with Crippen molar-refractivity contribution in [2.24, 2.45) is 0 Å². The Kier molecular flexibility index (Phi) is 4.70. The Hall–Kier alpha value is -2.21. The summed E-state index contributed by atoms with van der Waals surface area (Å²) >= 11 is 5.82. The van der Waals surface area contributed by atoms with Gasteiger partial charge < -0.3 is 10.6 Å². The standard InChI is InChI=1S/C14H12ClF2N3O/c1-2-18-13-6-8(5-12(15)20-13)14(21)19-11-7-9(16)3-4-10(11)17/h3-7H,2H2,1H3,(H,18,20)(H,19,21). The molecule has 0 aliphatic heterocycles. The lowest BCUT2D eigenvalue weighted by atomic mass is 10.2. The van der Waals surface area contributed by atoms with Gasteiger partial charge in [0.15, 0.2) is 0 Å². The number of carbonyl (C=O) groups is 1. The van der Waals surface area contributed by atoms with Crippen LogP contribution in [-0.2, 0) is 0 Å². The lowest BCUT2D eigenvalue weighted by Crippen LogP contribution is -2.14. The third kappa shape index (κ3) is 3.88. The maximum atomic E-state index is 13.5. The first-order valence-corrected chi connectivity index (χ1v) is 6.55. The summed E-state index contributed by atoms with van der Waals surface area (Å²) < 4.78 is 26.6. The van der Waals surface area contributed by atoms with E-state index in [1.807, 2.05) is 6.92 Å². The highest BCUT2D eigenvalue weighted by Gasteiger charge is 2.12. The van der Waals surface area contributed by atoms with Crippen LogP contribution in [0.1, 0.15) is 17.3 Å². The van der Waals surface area contributed by atoms with Crippen LogP contribution in [0.3, 0.4) is 0 Å². The normalized spacial score (nSPS) is 10.3. The molecule has 4 nitrogen and oxygen atoms in total. The van der Waals surface area contributed by atoms with Crippen LogP contribution in [0.15, 0.2) is 30.3 Å². The van der Waals surface area contributed by atoms with E-state index in [9.17, 15) is 13.6 Å². The Morgan fingerprint density at radius 3 is 2.76 bits per heavy atom. The largest absolute Gasteiger partial charge is 0.370 e. The molecule has 0 saturated carbocycles. The van der Waals surface area contributed by atoms with Crippen molar-refractivity contribution in [3.63, 3.8) is 0 Å². The molecule has 2 rings (SSSR count). The smallest absolute Gasteiger partial charge is 0.255 e. The number of aromatic nitrogens is 1. The lowest BCUT2D eigenvalue weighted by molar-refractivity contribution is 0.102. The number of amides is 1.